The van der Waals surface area contributed by atoms with Crippen molar-refractivity contribution >= 4 is 34.2 Å². The fraction of sp³-hybridized carbons (Fsp3) is 0.800. The molecule has 0 bridgehead atoms. The Hall–Kier alpha value is 0.0700. The minimum absolute atomic E-state index is 0.158. The summed E-state index contributed by atoms with van der Waals surface area (Å²) in [7, 11) is 0. The van der Waals surface area contributed by atoms with E-state index in [0.29, 0.717) is 12.8 Å². The largest absolute Gasteiger partial charge is 0.299 e. The highest BCUT2D eigenvalue weighted by molar-refractivity contribution is 14.1. The van der Waals surface area contributed by atoms with Crippen LogP contribution in [0, 0.1) is 5.41 Å². The van der Waals surface area contributed by atoms with Crippen LogP contribution in [0.5, 0.6) is 0 Å². The molecule has 1 rings (SSSR count). The van der Waals surface area contributed by atoms with E-state index in [0.717, 1.165) is 23.7 Å². The van der Waals surface area contributed by atoms with Crippen molar-refractivity contribution in [2.45, 2.75) is 39.0 Å². The second-order valence-electron chi connectivity index (χ2n) is 3.82. The molecule has 3 heteroatoms. The molecule has 1 saturated carbocycles. The highest BCUT2D eigenvalue weighted by atomic mass is 127. The number of rotatable bonds is 4. The molecule has 0 amide bonds. The summed E-state index contributed by atoms with van der Waals surface area (Å²) >= 11 is 2.32. The van der Waals surface area contributed by atoms with Gasteiger partial charge in [0.25, 0.3) is 0 Å². The predicted octanol–water partition coefficient (Wildman–Crippen LogP) is 2.53. The van der Waals surface area contributed by atoms with Crippen molar-refractivity contribution < 1.29 is 9.59 Å². The SMILES string of the molecule is CC1(CCCCI)C(=O)CCC1=O. The number of halogens is 1. The normalized spacial score (nSPS) is 21.1. The minimum Gasteiger partial charge on any atom is -0.299 e. The molecule has 0 aromatic heterocycles. The fourth-order valence-electron chi connectivity index (χ4n) is 1.79. The highest BCUT2D eigenvalue weighted by Crippen LogP contribution is 2.35. The summed E-state index contributed by atoms with van der Waals surface area (Å²) in [6.45, 7) is 1.82. The molecule has 74 valence electrons. The van der Waals surface area contributed by atoms with Crippen LogP contribution < -0.4 is 0 Å². The molecule has 0 unspecified atom stereocenters. The second-order valence-corrected chi connectivity index (χ2v) is 4.90. The molecular formula is C10H15IO2. The Morgan fingerprint density at radius 1 is 1.23 bits per heavy atom. The van der Waals surface area contributed by atoms with Gasteiger partial charge in [0, 0.05) is 12.8 Å². The molecule has 0 saturated heterocycles. The van der Waals surface area contributed by atoms with Gasteiger partial charge in [0.15, 0.2) is 0 Å². The van der Waals surface area contributed by atoms with Gasteiger partial charge in [-0.05, 0) is 24.2 Å². The fourth-order valence-corrected chi connectivity index (χ4v) is 2.33. The molecule has 1 aliphatic rings. The van der Waals surface area contributed by atoms with Crippen LogP contribution in [-0.4, -0.2) is 16.0 Å². The smallest absolute Gasteiger partial charge is 0.146 e. The van der Waals surface area contributed by atoms with E-state index >= 15 is 0 Å². The first-order chi connectivity index (χ1) is 6.11. The second kappa shape index (κ2) is 4.53. The Morgan fingerprint density at radius 3 is 2.23 bits per heavy atom. The van der Waals surface area contributed by atoms with Crippen LogP contribution in [0.2, 0.25) is 0 Å². The third-order valence-corrected chi connectivity index (χ3v) is 3.63. The lowest BCUT2D eigenvalue weighted by Crippen LogP contribution is -2.29. The number of carbonyl (C=O) groups is 2. The maximum absolute atomic E-state index is 11.5. The third kappa shape index (κ3) is 2.30. The molecule has 1 aliphatic carbocycles. The maximum atomic E-state index is 11.5. The molecule has 0 spiro atoms. The van der Waals surface area contributed by atoms with Crippen molar-refractivity contribution in [1.82, 2.24) is 0 Å². The van der Waals surface area contributed by atoms with E-state index < -0.39 is 5.41 Å². The van der Waals surface area contributed by atoms with Gasteiger partial charge in [0.05, 0.1) is 5.41 Å². The Morgan fingerprint density at radius 2 is 1.77 bits per heavy atom. The van der Waals surface area contributed by atoms with Gasteiger partial charge in [0.1, 0.15) is 11.6 Å². The number of hydrogen-bond acceptors (Lipinski definition) is 2. The Bertz CT molecular complexity index is 207. The van der Waals surface area contributed by atoms with Crippen molar-refractivity contribution in [1.29, 1.82) is 0 Å². The number of unbranched alkanes of at least 4 members (excludes halogenated alkanes) is 1. The molecule has 13 heavy (non-hydrogen) atoms. The predicted molar refractivity (Wildman–Crippen MR) is 60.1 cm³/mol. The molecule has 0 aromatic rings. The van der Waals surface area contributed by atoms with Crippen molar-refractivity contribution in [2.75, 3.05) is 4.43 Å². The number of alkyl halides is 1. The molecule has 1 fully saturated rings. The molecule has 0 aromatic carbocycles. The van der Waals surface area contributed by atoms with Crippen molar-refractivity contribution in [3.8, 4) is 0 Å². The van der Waals surface area contributed by atoms with Crippen LogP contribution in [0.25, 0.3) is 0 Å². The van der Waals surface area contributed by atoms with E-state index in [1.165, 1.54) is 0 Å². The number of Topliss-reactive ketones (excluding diaryl/α,β-unsaturated/α-hetero) is 2. The summed E-state index contributed by atoms with van der Waals surface area (Å²) in [5.41, 5.74) is -0.619. The van der Waals surface area contributed by atoms with Crippen LogP contribution in [-0.2, 0) is 9.59 Å². The van der Waals surface area contributed by atoms with Crippen LogP contribution in [0.4, 0.5) is 0 Å². The summed E-state index contributed by atoms with van der Waals surface area (Å²) < 4.78 is 1.11. The van der Waals surface area contributed by atoms with Crippen molar-refractivity contribution in [3.05, 3.63) is 0 Å². The zero-order chi connectivity index (χ0) is 9.90. The van der Waals surface area contributed by atoms with Crippen molar-refractivity contribution in [2.24, 2.45) is 5.41 Å². The van der Waals surface area contributed by atoms with Crippen LogP contribution in [0.3, 0.4) is 0 Å². The third-order valence-electron chi connectivity index (χ3n) is 2.87. The molecule has 0 aliphatic heterocycles. The first-order valence-corrected chi connectivity index (χ1v) is 6.26. The van der Waals surface area contributed by atoms with Gasteiger partial charge in [-0.25, -0.2) is 0 Å². The number of hydrogen-bond donors (Lipinski definition) is 0. The van der Waals surface area contributed by atoms with E-state index in [2.05, 4.69) is 22.6 Å². The van der Waals surface area contributed by atoms with E-state index in [1.807, 2.05) is 6.92 Å². The quantitative estimate of drug-likeness (QED) is 0.345. The van der Waals surface area contributed by atoms with E-state index in [1.54, 1.807) is 0 Å². The standard InChI is InChI=1S/C10H15IO2/c1-10(6-2-3-7-11)8(12)4-5-9(10)13/h2-7H2,1H3. The lowest BCUT2D eigenvalue weighted by atomic mass is 9.82. The average molecular weight is 294 g/mol. The van der Waals surface area contributed by atoms with E-state index in [-0.39, 0.29) is 11.6 Å². The lowest BCUT2D eigenvalue weighted by molar-refractivity contribution is -0.134. The Labute approximate surface area is 92.6 Å². The van der Waals surface area contributed by atoms with Gasteiger partial charge in [-0.2, -0.15) is 0 Å². The van der Waals surface area contributed by atoms with Gasteiger partial charge in [-0.15, -0.1) is 0 Å². The van der Waals surface area contributed by atoms with E-state index in [4.69, 9.17) is 0 Å². The number of ketones is 2. The van der Waals surface area contributed by atoms with Gasteiger partial charge in [-0.3, -0.25) is 9.59 Å². The van der Waals surface area contributed by atoms with Gasteiger partial charge < -0.3 is 0 Å². The minimum atomic E-state index is -0.619. The molecule has 0 radical (unpaired) electrons. The Kier molecular flexibility index (Phi) is 3.88. The van der Waals surface area contributed by atoms with Gasteiger partial charge >= 0.3 is 0 Å². The summed E-state index contributed by atoms with van der Waals surface area (Å²) in [6.07, 6.45) is 3.81. The first kappa shape index (κ1) is 11.1. The van der Waals surface area contributed by atoms with Gasteiger partial charge in [-0.1, -0.05) is 29.0 Å². The molecule has 0 atom stereocenters. The summed E-state index contributed by atoms with van der Waals surface area (Å²) in [5.74, 6) is 0.317. The average Bonchev–Trinajstić information content (AvgIpc) is 2.35. The first-order valence-electron chi connectivity index (χ1n) is 4.74. The maximum Gasteiger partial charge on any atom is 0.146 e. The monoisotopic (exact) mass is 294 g/mol. The highest BCUT2D eigenvalue weighted by Gasteiger charge is 2.44. The lowest BCUT2D eigenvalue weighted by Gasteiger charge is -2.19. The number of carbonyl (C=O) groups excluding carboxylic acids is 2. The zero-order valence-corrected chi connectivity index (χ0v) is 10.1. The van der Waals surface area contributed by atoms with Crippen LogP contribution in [0.15, 0.2) is 0 Å². The van der Waals surface area contributed by atoms with Crippen LogP contribution >= 0.6 is 22.6 Å². The summed E-state index contributed by atoms with van der Waals surface area (Å²) in [6, 6.07) is 0. The van der Waals surface area contributed by atoms with Gasteiger partial charge in [0.2, 0.25) is 0 Å². The molecule has 0 N–H and O–H groups in total. The summed E-state index contributed by atoms with van der Waals surface area (Å²) in [4.78, 5) is 23.0. The molecule has 0 heterocycles. The van der Waals surface area contributed by atoms with Crippen LogP contribution in [0.1, 0.15) is 39.0 Å². The van der Waals surface area contributed by atoms with E-state index in [9.17, 15) is 9.59 Å². The Balaban J connectivity index is 2.53. The summed E-state index contributed by atoms with van der Waals surface area (Å²) in [5, 5.41) is 0. The zero-order valence-electron chi connectivity index (χ0n) is 7.94. The van der Waals surface area contributed by atoms with Crippen molar-refractivity contribution in [3.63, 3.8) is 0 Å². The molecular weight excluding hydrogens is 279 g/mol. The topological polar surface area (TPSA) is 34.1 Å². The molecule has 2 nitrogen and oxygen atoms in total.